The molecule has 0 aliphatic carbocycles. The number of likely N-dealkylation sites (N-methyl/N-ethyl adjacent to an activating group) is 1. The molecule has 0 saturated carbocycles. The van der Waals surface area contributed by atoms with Gasteiger partial charge in [0, 0.05) is 12.1 Å². The third-order valence-corrected chi connectivity index (χ3v) is 3.32. The third kappa shape index (κ3) is 5.10. The maximum absolute atomic E-state index is 10.1. The molecule has 124 valence electrons. The Balaban J connectivity index is 0.00000242. The molecule has 22 heavy (non-hydrogen) atoms. The zero-order chi connectivity index (χ0) is 15.1. The highest BCUT2D eigenvalue weighted by atomic mass is 35.5. The molecule has 7 nitrogen and oxygen atoms in total. The molecule has 1 aliphatic rings. The minimum Gasteiger partial charge on any atom is -0.345 e. The van der Waals surface area contributed by atoms with Crippen molar-refractivity contribution >= 4 is 12.4 Å². The number of halogens is 1. The summed E-state index contributed by atoms with van der Waals surface area (Å²) in [7, 11) is 2.01. The minimum absolute atomic E-state index is 0. The van der Waals surface area contributed by atoms with Gasteiger partial charge in [-0.05, 0) is 13.5 Å². The predicted octanol–water partition coefficient (Wildman–Crippen LogP) is 1.84. The molecule has 1 fully saturated rings. The van der Waals surface area contributed by atoms with E-state index in [1.807, 2.05) is 37.4 Å². The van der Waals surface area contributed by atoms with Gasteiger partial charge in [0.05, 0.1) is 26.4 Å². The fourth-order valence-corrected chi connectivity index (χ4v) is 2.32. The first-order chi connectivity index (χ1) is 10.1. The van der Waals surface area contributed by atoms with Crippen LogP contribution in [-0.2, 0) is 20.1 Å². The Kier molecular flexibility index (Phi) is 7.53. The molecule has 2 rings (SSSR count). The fourth-order valence-electron chi connectivity index (χ4n) is 2.32. The van der Waals surface area contributed by atoms with E-state index in [-0.39, 0.29) is 19.0 Å². The molecule has 0 bridgehead atoms. The van der Waals surface area contributed by atoms with Crippen LogP contribution in [0.25, 0.3) is 0 Å². The molecule has 1 aliphatic heterocycles. The maximum Gasteiger partial charge on any atom is 0.294 e. The lowest BCUT2D eigenvalue weighted by atomic mass is 10.0. The molecule has 1 saturated heterocycles. The predicted molar refractivity (Wildman–Crippen MR) is 82.3 cm³/mol. The van der Waals surface area contributed by atoms with Crippen LogP contribution in [0, 0.1) is 10.1 Å². The third-order valence-electron chi connectivity index (χ3n) is 3.32. The van der Waals surface area contributed by atoms with Crippen molar-refractivity contribution in [3.63, 3.8) is 0 Å². The number of morpholine rings is 1. The van der Waals surface area contributed by atoms with Gasteiger partial charge in [0.15, 0.2) is 0 Å². The second-order valence-electron chi connectivity index (χ2n) is 4.96. The smallest absolute Gasteiger partial charge is 0.294 e. The maximum atomic E-state index is 10.1. The molecule has 0 radical (unpaired) electrons. The lowest BCUT2D eigenvalue weighted by molar-refractivity contribution is -0.757. The number of rotatable bonds is 7. The van der Waals surface area contributed by atoms with Crippen molar-refractivity contribution in [1.29, 1.82) is 0 Å². The Labute approximate surface area is 135 Å². The molecule has 1 aromatic rings. The molecule has 1 unspecified atom stereocenters. The van der Waals surface area contributed by atoms with Crippen LogP contribution >= 0.6 is 12.4 Å². The molecular formula is C14H21ClN2O5. The molecule has 0 spiro atoms. The molecule has 1 atom stereocenters. The van der Waals surface area contributed by atoms with Gasteiger partial charge in [0.25, 0.3) is 5.09 Å². The zero-order valence-electron chi connectivity index (χ0n) is 12.5. The Morgan fingerprint density at radius 1 is 1.36 bits per heavy atom. The van der Waals surface area contributed by atoms with Crippen molar-refractivity contribution in [1.82, 2.24) is 4.90 Å². The highest BCUT2D eigenvalue weighted by Gasteiger charge is 2.38. The van der Waals surface area contributed by atoms with E-state index >= 15 is 0 Å². The first-order valence-electron chi connectivity index (χ1n) is 6.92. The van der Waals surface area contributed by atoms with E-state index in [1.165, 1.54) is 0 Å². The lowest BCUT2D eigenvalue weighted by Crippen LogP contribution is -2.50. The van der Waals surface area contributed by atoms with Gasteiger partial charge in [-0.2, -0.15) is 0 Å². The van der Waals surface area contributed by atoms with Crippen molar-refractivity contribution < 1.29 is 19.4 Å². The monoisotopic (exact) mass is 332 g/mol. The van der Waals surface area contributed by atoms with E-state index in [1.54, 1.807) is 0 Å². The molecule has 1 aromatic carbocycles. The highest BCUT2D eigenvalue weighted by molar-refractivity contribution is 5.85. The summed E-state index contributed by atoms with van der Waals surface area (Å²) in [5.41, 5.74) is 0.951. The molecule has 0 N–H and O–H groups in total. The quantitative estimate of drug-likeness (QED) is 0.431. The van der Waals surface area contributed by atoms with Crippen LogP contribution in [0.2, 0.25) is 0 Å². The molecule has 8 heteroatoms. The Morgan fingerprint density at radius 3 is 2.73 bits per heavy atom. The van der Waals surface area contributed by atoms with E-state index in [2.05, 4.69) is 9.74 Å². The zero-order valence-corrected chi connectivity index (χ0v) is 13.3. The lowest BCUT2D eigenvalue weighted by Gasteiger charge is -2.41. The first-order valence-corrected chi connectivity index (χ1v) is 6.92. The Hall–Kier alpha value is -1.41. The summed E-state index contributed by atoms with van der Waals surface area (Å²) in [4.78, 5) is 16.5. The van der Waals surface area contributed by atoms with Gasteiger partial charge >= 0.3 is 0 Å². The fraction of sp³-hybridized carbons (Fsp3) is 0.571. The standard InChI is InChI=1S/C14H20N2O5.ClH/c1-15-8-11-20-14(12-15,13-6-3-2-4-7-13)19-9-5-10-21-16(17)18;/h2-4,6-7H,5,8-12H2,1H3;1H. The van der Waals surface area contributed by atoms with Crippen molar-refractivity contribution in [2.45, 2.75) is 12.2 Å². The van der Waals surface area contributed by atoms with Gasteiger partial charge in [-0.15, -0.1) is 22.5 Å². The number of ether oxygens (including phenoxy) is 2. The second-order valence-corrected chi connectivity index (χ2v) is 4.96. The molecular weight excluding hydrogens is 312 g/mol. The van der Waals surface area contributed by atoms with E-state index in [4.69, 9.17) is 9.47 Å². The number of benzene rings is 1. The van der Waals surface area contributed by atoms with Crippen LogP contribution < -0.4 is 0 Å². The van der Waals surface area contributed by atoms with Crippen LogP contribution in [0.5, 0.6) is 0 Å². The van der Waals surface area contributed by atoms with Gasteiger partial charge < -0.3 is 14.3 Å². The number of hydrogen-bond acceptors (Lipinski definition) is 6. The van der Waals surface area contributed by atoms with Gasteiger partial charge in [-0.1, -0.05) is 30.3 Å². The summed E-state index contributed by atoms with van der Waals surface area (Å²) >= 11 is 0. The summed E-state index contributed by atoms with van der Waals surface area (Å²) in [6.07, 6.45) is 0.433. The van der Waals surface area contributed by atoms with Gasteiger partial charge in [-0.25, -0.2) is 0 Å². The van der Waals surface area contributed by atoms with Crippen molar-refractivity contribution in [2.24, 2.45) is 0 Å². The summed E-state index contributed by atoms with van der Waals surface area (Å²) in [5.74, 6) is -0.817. The van der Waals surface area contributed by atoms with Crippen molar-refractivity contribution in [2.75, 3.05) is 40.0 Å². The Morgan fingerprint density at radius 2 is 2.09 bits per heavy atom. The van der Waals surface area contributed by atoms with Crippen LogP contribution in [0.1, 0.15) is 12.0 Å². The summed E-state index contributed by atoms with van der Waals surface area (Å²) in [6, 6.07) is 9.75. The van der Waals surface area contributed by atoms with Crippen LogP contribution in [-0.4, -0.2) is 49.9 Å². The Bertz CT molecular complexity index is 462. The van der Waals surface area contributed by atoms with Crippen LogP contribution in [0.15, 0.2) is 30.3 Å². The average Bonchev–Trinajstić information content (AvgIpc) is 2.47. The van der Waals surface area contributed by atoms with Gasteiger partial charge in [0.1, 0.15) is 0 Å². The summed E-state index contributed by atoms with van der Waals surface area (Å²) in [5, 5.41) is 9.31. The van der Waals surface area contributed by atoms with E-state index in [0.717, 1.165) is 12.1 Å². The largest absolute Gasteiger partial charge is 0.345 e. The molecule has 0 amide bonds. The van der Waals surface area contributed by atoms with Crippen molar-refractivity contribution in [3.05, 3.63) is 46.0 Å². The van der Waals surface area contributed by atoms with Crippen LogP contribution in [0.4, 0.5) is 0 Å². The van der Waals surface area contributed by atoms with Crippen LogP contribution in [0.3, 0.4) is 0 Å². The highest BCUT2D eigenvalue weighted by Crippen LogP contribution is 2.31. The van der Waals surface area contributed by atoms with Gasteiger partial charge in [0.2, 0.25) is 5.79 Å². The number of nitrogens with zero attached hydrogens (tertiary/aromatic N) is 2. The molecule has 1 heterocycles. The summed E-state index contributed by atoms with van der Waals surface area (Å²) in [6.45, 7) is 2.40. The topological polar surface area (TPSA) is 74.1 Å². The second kappa shape index (κ2) is 8.89. The average molecular weight is 333 g/mol. The minimum atomic E-state index is -0.817. The summed E-state index contributed by atoms with van der Waals surface area (Å²) < 4.78 is 11.9. The van der Waals surface area contributed by atoms with Crippen molar-refractivity contribution in [3.8, 4) is 0 Å². The first kappa shape index (κ1) is 18.6. The molecule has 0 aromatic heterocycles. The van der Waals surface area contributed by atoms with E-state index < -0.39 is 10.9 Å². The SMILES string of the molecule is CN1CCOC(OCCCO[N+](=O)[O-])(c2ccccc2)C1.Cl. The number of hydrogen-bond donors (Lipinski definition) is 0. The van der Waals surface area contributed by atoms with Gasteiger partial charge in [-0.3, -0.25) is 4.90 Å². The van der Waals surface area contributed by atoms with E-state index in [9.17, 15) is 10.1 Å². The van der Waals surface area contributed by atoms with E-state index in [0.29, 0.717) is 26.2 Å². The normalized spacial score (nSPS) is 21.9.